The maximum Gasteiger partial charge on any atom is 0.127 e. The van der Waals surface area contributed by atoms with Crippen molar-refractivity contribution in [3.63, 3.8) is 0 Å². The van der Waals surface area contributed by atoms with Gasteiger partial charge in [-0.2, -0.15) is 0 Å². The van der Waals surface area contributed by atoms with Gasteiger partial charge in [-0.25, -0.2) is 12.9 Å². The van der Waals surface area contributed by atoms with Gasteiger partial charge < -0.3 is 4.98 Å². The Hall–Kier alpha value is -2.16. The maximum absolute atomic E-state index is 13.0. The van der Waals surface area contributed by atoms with Crippen molar-refractivity contribution in [1.29, 1.82) is 0 Å². The molecule has 1 aromatic carbocycles. The summed E-state index contributed by atoms with van der Waals surface area (Å²) in [7, 11) is -1.26. The molecule has 0 aliphatic carbocycles. The van der Waals surface area contributed by atoms with Crippen molar-refractivity contribution < 1.29 is 8.60 Å². The molecule has 1 N–H and O–H groups in total. The van der Waals surface area contributed by atoms with Crippen LogP contribution in [0.2, 0.25) is 0 Å². The van der Waals surface area contributed by atoms with Crippen LogP contribution in [0.3, 0.4) is 0 Å². The second-order valence-electron chi connectivity index (χ2n) is 5.30. The summed E-state index contributed by atoms with van der Waals surface area (Å²) >= 11 is 0. The van der Waals surface area contributed by atoms with Gasteiger partial charge in [0.1, 0.15) is 16.8 Å². The fraction of sp³-hybridized carbons (Fsp3) is 0.263. The number of nitrogens with zero attached hydrogens (tertiary/aromatic N) is 1. The first-order valence-electron chi connectivity index (χ1n) is 7.72. The van der Waals surface area contributed by atoms with Gasteiger partial charge in [-0.15, -0.1) is 12.8 Å². The highest BCUT2D eigenvalue weighted by atomic mass is 32.2. The van der Waals surface area contributed by atoms with E-state index in [0.717, 1.165) is 18.3 Å². The van der Waals surface area contributed by atoms with E-state index in [1.807, 2.05) is 18.2 Å². The Balaban J connectivity index is 0.00000100. The third-order valence-electron chi connectivity index (χ3n) is 4.04. The second kappa shape index (κ2) is 8.09. The van der Waals surface area contributed by atoms with Crippen LogP contribution in [0.4, 0.5) is 4.39 Å². The Morgan fingerprint density at radius 2 is 1.88 bits per heavy atom. The molecule has 0 saturated heterocycles. The van der Waals surface area contributed by atoms with Crippen molar-refractivity contribution in [2.75, 3.05) is 6.54 Å². The van der Waals surface area contributed by atoms with Gasteiger partial charge in [0.15, 0.2) is 0 Å². The van der Waals surface area contributed by atoms with E-state index in [4.69, 9.17) is 0 Å². The molecule has 1 unspecified atom stereocenters. The van der Waals surface area contributed by atoms with Gasteiger partial charge in [0, 0.05) is 30.6 Å². The number of aromatic amines is 1. The lowest BCUT2D eigenvalue weighted by atomic mass is 10.1. The number of terminal acetylenes is 1. The van der Waals surface area contributed by atoms with Crippen LogP contribution >= 0.6 is 0 Å². The number of aromatic nitrogens is 1. The Labute approximate surface area is 144 Å². The van der Waals surface area contributed by atoms with Crippen LogP contribution in [0.15, 0.2) is 29.2 Å². The van der Waals surface area contributed by atoms with Gasteiger partial charge in [-0.1, -0.05) is 12.2 Å². The number of hydrogen-bond acceptors (Lipinski definition) is 1. The van der Waals surface area contributed by atoms with Crippen molar-refractivity contribution in [1.82, 2.24) is 9.29 Å². The van der Waals surface area contributed by atoms with Crippen molar-refractivity contribution >= 4 is 23.1 Å². The summed E-state index contributed by atoms with van der Waals surface area (Å²) in [5.41, 5.74) is 2.45. The van der Waals surface area contributed by atoms with Gasteiger partial charge in [0.2, 0.25) is 0 Å². The van der Waals surface area contributed by atoms with Crippen molar-refractivity contribution in [3.05, 3.63) is 51.9 Å². The first kappa shape index (κ1) is 18.2. The van der Waals surface area contributed by atoms with E-state index in [1.165, 1.54) is 28.6 Å². The molecule has 126 valence electrons. The van der Waals surface area contributed by atoms with Gasteiger partial charge in [-0.05, 0) is 48.9 Å². The zero-order valence-corrected chi connectivity index (χ0v) is 14.7. The SMILES string of the molecule is C#C.C/C=c1/c2c([nH]/c1=C/C)CCN(S(=O)c1ccc(F)cc1)C2. The van der Waals surface area contributed by atoms with Crippen LogP contribution in [0.5, 0.6) is 0 Å². The van der Waals surface area contributed by atoms with Crippen LogP contribution < -0.4 is 10.6 Å². The predicted octanol–water partition coefficient (Wildman–Crippen LogP) is 2.08. The summed E-state index contributed by atoms with van der Waals surface area (Å²) in [6, 6.07) is 5.90. The molecule has 1 aliphatic heterocycles. The topological polar surface area (TPSA) is 36.1 Å². The Morgan fingerprint density at radius 3 is 2.46 bits per heavy atom. The number of H-pyrrole nitrogens is 1. The van der Waals surface area contributed by atoms with Crippen LogP contribution in [-0.4, -0.2) is 20.0 Å². The minimum Gasteiger partial charge on any atom is -0.358 e. The summed E-state index contributed by atoms with van der Waals surface area (Å²) in [6.45, 7) is 5.40. The third kappa shape index (κ3) is 3.50. The van der Waals surface area contributed by atoms with Gasteiger partial charge >= 0.3 is 0 Å². The molecule has 0 amide bonds. The Morgan fingerprint density at radius 1 is 1.21 bits per heavy atom. The monoisotopic (exact) mass is 344 g/mol. The molecule has 0 saturated carbocycles. The molecule has 0 radical (unpaired) electrons. The zero-order chi connectivity index (χ0) is 17.7. The molecule has 2 aromatic rings. The number of fused-ring (bicyclic) bond motifs is 1. The highest BCUT2D eigenvalue weighted by Crippen LogP contribution is 2.19. The lowest BCUT2D eigenvalue weighted by Crippen LogP contribution is -2.35. The van der Waals surface area contributed by atoms with Gasteiger partial charge in [0.05, 0.1) is 4.90 Å². The highest BCUT2D eigenvalue weighted by Gasteiger charge is 2.23. The number of nitrogens with one attached hydrogen (secondary N) is 1. The van der Waals surface area contributed by atoms with Crippen molar-refractivity contribution in [3.8, 4) is 12.8 Å². The molecule has 3 nitrogen and oxygen atoms in total. The fourth-order valence-corrected chi connectivity index (χ4v) is 4.09. The molecule has 1 aromatic heterocycles. The molecule has 3 rings (SSSR count). The van der Waals surface area contributed by atoms with E-state index in [9.17, 15) is 8.60 Å². The largest absolute Gasteiger partial charge is 0.358 e. The molecule has 0 bridgehead atoms. The fourth-order valence-electron chi connectivity index (χ4n) is 2.92. The first-order valence-corrected chi connectivity index (χ1v) is 8.83. The van der Waals surface area contributed by atoms with E-state index < -0.39 is 11.0 Å². The number of halogens is 1. The summed E-state index contributed by atoms with van der Waals surface area (Å²) in [6.07, 6.45) is 13.0. The molecule has 1 atom stereocenters. The summed E-state index contributed by atoms with van der Waals surface area (Å²) in [5, 5.41) is 2.32. The molecule has 1 aliphatic rings. The second-order valence-corrected chi connectivity index (χ2v) is 6.79. The van der Waals surface area contributed by atoms with E-state index in [2.05, 4.69) is 30.0 Å². The van der Waals surface area contributed by atoms with E-state index >= 15 is 0 Å². The average molecular weight is 344 g/mol. The Bertz CT molecular complexity index is 865. The highest BCUT2D eigenvalue weighted by molar-refractivity contribution is 7.82. The van der Waals surface area contributed by atoms with Crippen LogP contribution in [0, 0.1) is 18.7 Å². The lowest BCUT2D eigenvalue weighted by Gasteiger charge is -2.25. The van der Waals surface area contributed by atoms with Gasteiger partial charge in [-0.3, -0.25) is 0 Å². The maximum atomic E-state index is 13.0. The molecule has 5 heteroatoms. The number of benzene rings is 1. The quantitative estimate of drug-likeness (QED) is 0.832. The summed E-state index contributed by atoms with van der Waals surface area (Å²) < 4.78 is 27.6. The van der Waals surface area contributed by atoms with E-state index in [1.54, 1.807) is 12.1 Å². The zero-order valence-electron chi connectivity index (χ0n) is 13.9. The van der Waals surface area contributed by atoms with Crippen molar-refractivity contribution in [2.45, 2.75) is 31.7 Å². The molecular weight excluding hydrogens is 323 g/mol. The molecular formula is C19H21FN2OS. The number of rotatable bonds is 2. The molecule has 2 heterocycles. The van der Waals surface area contributed by atoms with Crippen LogP contribution in [0.25, 0.3) is 12.2 Å². The third-order valence-corrected chi connectivity index (χ3v) is 5.49. The minimum atomic E-state index is -1.26. The van der Waals surface area contributed by atoms with E-state index in [0.29, 0.717) is 11.4 Å². The van der Waals surface area contributed by atoms with Gasteiger partial charge in [0.25, 0.3) is 0 Å². The predicted molar refractivity (Wildman–Crippen MR) is 97.1 cm³/mol. The summed E-state index contributed by atoms with van der Waals surface area (Å²) in [4.78, 5) is 4.09. The minimum absolute atomic E-state index is 0.307. The molecule has 0 spiro atoms. The Kier molecular flexibility index (Phi) is 6.13. The van der Waals surface area contributed by atoms with Crippen LogP contribution in [0.1, 0.15) is 25.1 Å². The lowest BCUT2D eigenvalue weighted by molar-refractivity contribution is 0.418. The normalized spacial score (nSPS) is 17.0. The van der Waals surface area contributed by atoms with Crippen molar-refractivity contribution in [2.24, 2.45) is 0 Å². The number of hydrogen-bond donors (Lipinski definition) is 1. The molecule has 24 heavy (non-hydrogen) atoms. The van der Waals surface area contributed by atoms with Crippen LogP contribution in [-0.2, 0) is 24.0 Å². The smallest absolute Gasteiger partial charge is 0.127 e. The summed E-state index contributed by atoms with van der Waals surface area (Å²) in [5.74, 6) is -0.307. The molecule has 0 fully saturated rings. The van der Waals surface area contributed by atoms with E-state index in [-0.39, 0.29) is 5.82 Å². The average Bonchev–Trinajstić information content (AvgIpc) is 3.00. The first-order chi connectivity index (χ1) is 11.6. The standard InChI is InChI=1S/C17H19FN2OS.C2H2/c1-3-14-15-11-20(10-9-17(15)19-16(14)4-2)22(21)13-7-5-12(18)6-8-13;1-2/h3-8,19H,9-11H2,1-2H3;1-2H/b14-3-,16-4+;.